The molecule has 0 saturated heterocycles. The van der Waals surface area contributed by atoms with Gasteiger partial charge < -0.3 is 0 Å². The van der Waals surface area contributed by atoms with Crippen LogP contribution in [-0.2, 0) is 26.2 Å². The van der Waals surface area contributed by atoms with Crippen LogP contribution >= 0.6 is 0 Å². The summed E-state index contributed by atoms with van der Waals surface area (Å²) in [4.78, 5) is 2.54. The van der Waals surface area contributed by atoms with Crippen molar-refractivity contribution < 1.29 is 26.2 Å². The van der Waals surface area contributed by atoms with E-state index in [2.05, 4.69) is 79.5 Å². The Labute approximate surface area is 174 Å². The van der Waals surface area contributed by atoms with E-state index in [0.717, 1.165) is 3.93 Å². The van der Waals surface area contributed by atoms with E-state index in [9.17, 15) is 0 Å². The summed E-state index contributed by atoms with van der Waals surface area (Å²) in [7, 11) is 0. The Hall–Kier alpha value is -0.398. The Morgan fingerprint density at radius 1 is 0.750 bits per heavy atom. The van der Waals surface area contributed by atoms with Crippen molar-refractivity contribution in [2.45, 2.75) is 34.6 Å². The Balaban J connectivity index is 0.00000169. The number of hydrogen-bond acceptors (Lipinski definition) is 0. The smallest absolute Gasteiger partial charge is 0 e. The molecule has 2 unspecified atom stereocenters. The van der Waals surface area contributed by atoms with Gasteiger partial charge in [-0.15, -0.1) is 0 Å². The van der Waals surface area contributed by atoms with Gasteiger partial charge in [-0.3, -0.25) is 0 Å². The molecule has 0 saturated carbocycles. The Kier molecular flexibility index (Phi) is 5.72. The maximum absolute atomic E-state index is 2.54. The summed E-state index contributed by atoms with van der Waals surface area (Å²) >= 11 is -0.655. The Morgan fingerprint density at radius 2 is 1.17 bits per heavy atom. The van der Waals surface area contributed by atoms with Gasteiger partial charge >= 0.3 is 150 Å². The van der Waals surface area contributed by atoms with Gasteiger partial charge in [0.05, 0.1) is 0 Å². The molecule has 2 aliphatic rings. The van der Waals surface area contributed by atoms with E-state index in [1.165, 1.54) is 11.1 Å². The van der Waals surface area contributed by atoms with Gasteiger partial charge in [-0.1, -0.05) is 0 Å². The quantitative estimate of drug-likeness (QED) is 0.481. The number of benzene rings is 2. The SMILES string of the molecule is [CH3][SnH][CH](C1C(C)=Cc2ccccc21)C1C(C)=Cc2ccccc21.[Zr]. The molecule has 0 spiro atoms. The van der Waals surface area contributed by atoms with Crippen LogP contribution < -0.4 is 0 Å². The van der Waals surface area contributed by atoms with Crippen LogP contribution in [0.3, 0.4) is 0 Å². The van der Waals surface area contributed by atoms with E-state index < -0.39 is 21.1 Å². The van der Waals surface area contributed by atoms with E-state index in [1.807, 2.05) is 0 Å². The van der Waals surface area contributed by atoms with E-state index in [1.54, 1.807) is 22.3 Å². The molecule has 119 valence electrons. The van der Waals surface area contributed by atoms with Crippen molar-refractivity contribution in [1.29, 1.82) is 0 Å². The molecule has 2 aliphatic carbocycles. The molecule has 0 aromatic heterocycles. The topological polar surface area (TPSA) is 0 Å². The zero-order valence-electron chi connectivity index (χ0n) is 14.6. The first kappa shape index (κ1) is 18.4. The van der Waals surface area contributed by atoms with Crippen LogP contribution in [0.2, 0.25) is 8.87 Å². The van der Waals surface area contributed by atoms with E-state index in [-0.39, 0.29) is 26.2 Å². The molecule has 0 fully saturated rings. The Bertz CT molecular complexity index is 751. The average Bonchev–Trinajstić information content (AvgIpc) is 3.06. The molecule has 4 rings (SSSR count). The monoisotopic (exact) mass is 497 g/mol. The first-order chi connectivity index (χ1) is 11.2. The fraction of sp³-hybridized carbons (Fsp3) is 0.273. The van der Waals surface area contributed by atoms with Crippen molar-refractivity contribution in [3.63, 3.8) is 0 Å². The largest absolute Gasteiger partial charge is 0 e. The summed E-state index contributed by atoms with van der Waals surface area (Å²) in [6, 6.07) is 18.0. The molecule has 0 nitrogen and oxygen atoms in total. The molecule has 24 heavy (non-hydrogen) atoms. The molecule has 0 heterocycles. The molecule has 2 aromatic rings. The molecule has 0 bridgehead atoms. The van der Waals surface area contributed by atoms with Crippen LogP contribution in [0.15, 0.2) is 59.7 Å². The minimum atomic E-state index is -0.655. The van der Waals surface area contributed by atoms with Crippen molar-refractivity contribution in [3.05, 3.63) is 81.9 Å². The summed E-state index contributed by atoms with van der Waals surface area (Å²) in [6.45, 7) is 4.69. The van der Waals surface area contributed by atoms with Crippen LogP contribution in [0.5, 0.6) is 0 Å². The summed E-state index contributed by atoms with van der Waals surface area (Å²) in [5, 5.41) is 0. The van der Waals surface area contributed by atoms with E-state index in [0.29, 0.717) is 11.8 Å². The summed E-state index contributed by atoms with van der Waals surface area (Å²) < 4.78 is 0.824. The van der Waals surface area contributed by atoms with Crippen molar-refractivity contribution in [3.8, 4) is 0 Å². The maximum atomic E-state index is 2.54. The fourth-order valence-electron chi connectivity index (χ4n) is 4.61. The third-order valence-corrected chi connectivity index (χ3v) is 9.96. The van der Waals surface area contributed by atoms with Crippen LogP contribution in [-0.4, -0.2) is 21.1 Å². The molecule has 1 radical (unpaired) electrons. The van der Waals surface area contributed by atoms with Crippen molar-refractivity contribution in [2.75, 3.05) is 0 Å². The fourth-order valence-corrected chi connectivity index (χ4v) is 9.72. The van der Waals surface area contributed by atoms with Gasteiger partial charge in [0.1, 0.15) is 0 Å². The van der Waals surface area contributed by atoms with Crippen LogP contribution in [0.4, 0.5) is 0 Å². The average molecular weight is 497 g/mol. The van der Waals surface area contributed by atoms with Crippen molar-refractivity contribution >= 4 is 33.3 Å². The van der Waals surface area contributed by atoms with Gasteiger partial charge in [0.15, 0.2) is 0 Å². The van der Waals surface area contributed by atoms with Crippen LogP contribution in [0, 0.1) is 0 Å². The number of fused-ring (bicyclic) bond motifs is 2. The van der Waals surface area contributed by atoms with Gasteiger partial charge in [-0.25, -0.2) is 0 Å². The first-order valence-corrected chi connectivity index (χ1v) is 13.7. The zero-order chi connectivity index (χ0) is 16.0. The minimum Gasteiger partial charge on any atom is 0 e. The first-order valence-electron chi connectivity index (χ1n) is 8.54. The summed E-state index contributed by atoms with van der Waals surface area (Å²) in [5.41, 5.74) is 9.18. The molecular weight excluding hydrogens is 474 g/mol. The maximum Gasteiger partial charge on any atom is 0 e. The third kappa shape index (κ3) is 2.97. The standard InChI is InChI=1S/C21H19.CH3.Sn.Zr.H/c1-14-11-16-7-3-5-9-18(16)20(14)13-21-15(2)12-17-8-4-6-10-19(17)21;;;;/h3-13,20-21H,1-2H3;1H3;;;. The van der Waals surface area contributed by atoms with Crippen LogP contribution in [0.1, 0.15) is 47.9 Å². The van der Waals surface area contributed by atoms with E-state index >= 15 is 0 Å². The van der Waals surface area contributed by atoms with E-state index in [4.69, 9.17) is 0 Å². The normalized spacial score (nSPS) is 22.1. The molecule has 0 N–H and O–H groups in total. The van der Waals surface area contributed by atoms with Gasteiger partial charge in [0.25, 0.3) is 0 Å². The predicted octanol–water partition coefficient (Wildman–Crippen LogP) is 5.66. The summed E-state index contributed by atoms with van der Waals surface area (Å²) in [6.07, 6.45) is 4.84. The van der Waals surface area contributed by atoms with Crippen LogP contribution in [0.25, 0.3) is 12.2 Å². The Morgan fingerprint density at radius 3 is 1.58 bits per heavy atom. The minimum absolute atomic E-state index is 0. The van der Waals surface area contributed by atoms with Gasteiger partial charge in [-0.2, -0.15) is 0 Å². The van der Waals surface area contributed by atoms with Crippen molar-refractivity contribution in [1.82, 2.24) is 0 Å². The van der Waals surface area contributed by atoms with Gasteiger partial charge in [0, 0.05) is 26.2 Å². The summed E-state index contributed by atoms with van der Waals surface area (Å²) in [5.74, 6) is 1.27. The second kappa shape index (κ2) is 7.46. The predicted molar refractivity (Wildman–Crippen MR) is 102 cm³/mol. The molecule has 0 aliphatic heterocycles. The number of hydrogen-bond donors (Lipinski definition) is 0. The molecule has 2 atom stereocenters. The second-order valence-electron chi connectivity index (χ2n) is 6.90. The van der Waals surface area contributed by atoms with Gasteiger partial charge in [0.2, 0.25) is 0 Å². The molecular formula is C22H23SnZr. The third-order valence-electron chi connectivity index (χ3n) is 5.56. The number of rotatable bonds is 3. The van der Waals surface area contributed by atoms with Gasteiger partial charge in [-0.05, 0) is 0 Å². The zero-order valence-corrected chi connectivity index (χ0v) is 20.3. The molecule has 2 aromatic carbocycles. The van der Waals surface area contributed by atoms with Crippen molar-refractivity contribution in [2.24, 2.45) is 0 Å². The molecule has 0 amide bonds. The second-order valence-corrected chi connectivity index (χ2v) is 11.0. The molecule has 2 heteroatoms. The number of allylic oxidation sites excluding steroid dienone is 2.